The van der Waals surface area contributed by atoms with E-state index in [2.05, 4.69) is 5.09 Å². The Hall–Kier alpha value is -1.89. The van der Waals surface area contributed by atoms with Crippen LogP contribution in [0.4, 0.5) is 0 Å². The molecule has 0 fully saturated rings. The molecular weight excluding hydrogens is 361 g/mol. The van der Waals surface area contributed by atoms with Crippen molar-refractivity contribution >= 4 is 19.5 Å². The van der Waals surface area contributed by atoms with Gasteiger partial charge in [-0.05, 0) is 39.8 Å². The summed E-state index contributed by atoms with van der Waals surface area (Å²) in [6.45, 7) is 6.81. The summed E-state index contributed by atoms with van der Waals surface area (Å²) in [5.41, 5.74) is 0.130. The molecule has 0 saturated carbocycles. The summed E-state index contributed by atoms with van der Waals surface area (Å²) in [6, 6.07) is 5.37. The third-order valence-corrected chi connectivity index (χ3v) is 4.89. The first-order valence-electron chi connectivity index (χ1n) is 8.24. The number of benzene rings is 1. The van der Waals surface area contributed by atoms with E-state index in [0.717, 1.165) is 0 Å². The first-order valence-corrected chi connectivity index (χ1v) is 10.1. The van der Waals surface area contributed by atoms with Crippen molar-refractivity contribution in [1.82, 2.24) is 5.09 Å². The van der Waals surface area contributed by atoms with Gasteiger partial charge in [0.15, 0.2) is 0 Å². The average Bonchev–Trinajstić information content (AvgIpc) is 2.54. The molecule has 146 valence electrons. The summed E-state index contributed by atoms with van der Waals surface area (Å²) in [6.07, 6.45) is -0.609. The summed E-state index contributed by atoms with van der Waals surface area (Å²) in [5.74, 6) is -1.10. The van der Waals surface area contributed by atoms with Crippen LogP contribution in [0.2, 0.25) is 0 Å². The van der Waals surface area contributed by atoms with Crippen molar-refractivity contribution in [2.45, 2.75) is 39.8 Å². The van der Waals surface area contributed by atoms with Gasteiger partial charge in [-0.25, -0.2) is 9.88 Å². The van der Waals surface area contributed by atoms with E-state index in [1.807, 2.05) is 0 Å². The molecule has 0 saturated heterocycles. The molecule has 0 aliphatic heterocycles. The molecule has 0 aliphatic carbocycles. The van der Waals surface area contributed by atoms with E-state index in [-0.39, 0.29) is 30.4 Å². The number of carbonyl (C=O) groups is 2. The van der Waals surface area contributed by atoms with E-state index >= 15 is 0 Å². The largest absolute Gasteiger partial charge is 0.462 e. The van der Waals surface area contributed by atoms with Crippen LogP contribution in [0.1, 0.15) is 38.1 Å². The van der Waals surface area contributed by atoms with Crippen molar-refractivity contribution in [3.05, 3.63) is 29.8 Å². The minimum Gasteiger partial charge on any atom is -0.462 e. The Balaban J connectivity index is 3.02. The average molecular weight is 387 g/mol. The van der Waals surface area contributed by atoms with Gasteiger partial charge in [-0.15, -0.1) is 0 Å². The number of rotatable bonds is 10. The van der Waals surface area contributed by atoms with Gasteiger partial charge in [0.05, 0.1) is 12.7 Å². The Morgan fingerprint density at radius 2 is 1.85 bits per heavy atom. The maximum absolute atomic E-state index is 13.1. The van der Waals surface area contributed by atoms with Crippen LogP contribution in [0.15, 0.2) is 24.3 Å². The number of methoxy groups -OCH3 is 1. The lowest BCUT2D eigenvalue weighted by Crippen LogP contribution is -2.36. The van der Waals surface area contributed by atoms with Crippen LogP contribution >= 0.6 is 7.52 Å². The fraction of sp³-hybridized carbons (Fsp3) is 0.529. The Kier molecular flexibility index (Phi) is 8.78. The minimum atomic E-state index is -3.66. The molecule has 0 amide bonds. The Labute approximate surface area is 153 Å². The zero-order chi connectivity index (χ0) is 19.7. The number of esters is 2. The molecule has 1 aromatic rings. The minimum absolute atomic E-state index is 0.0725. The maximum atomic E-state index is 13.1. The first kappa shape index (κ1) is 22.2. The lowest BCUT2D eigenvalue weighted by atomic mass is 10.2. The smallest absolute Gasteiger partial charge is 0.342 e. The predicted molar refractivity (Wildman–Crippen MR) is 96.3 cm³/mol. The van der Waals surface area contributed by atoms with Gasteiger partial charge in [0.2, 0.25) is 0 Å². The van der Waals surface area contributed by atoms with E-state index in [0.29, 0.717) is 0 Å². The molecule has 1 N–H and O–H groups in total. The second kappa shape index (κ2) is 10.3. The maximum Gasteiger partial charge on any atom is 0.342 e. The van der Waals surface area contributed by atoms with Crippen molar-refractivity contribution in [2.75, 3.05) is 20.1 Å². The highest BCUT2D eigenvalue weighted by Gasteiger charge is 2.32. The van der Waals surface area contributed by atoms with Crippen LogP contribution in [-0.2, 0) is 23.6 Å². The summed E-state index contributed by atoms with van der Waals surface area (Å²) in [5, 5.41) is 2.63. The number of ether oxygens (including phenoxy) is 3. The molecule has 2 atom stereocenters. The van der Waals surface area contributed by atoms with Crippen molar-refractivity contribution in [1.29, 1.82) is 0 Å². The molecule has 0 spiro atoms. The van der Waals surface area contributed by atoms with Crippen molar-refractivity contribution in [3.63, 3.8) is 0 Å². The third-order valence-electron chi connectivity index (χ3n) is 3.02. The second-order valence-electron chi connectivity index (χ2n) is 5.74. The molecule has 1 rings (SSSR count). The van der Waals surface area contributed by atoms with Gasteiger partial charge >= 0.3 is 19.5 Å². The highest BCUT2D eigenvalue weighted by molar-refractivity contribution is 7.57. The number of carbonyl (C=O) groups excluding carboxylic acids is 2. The Bertz CT molecular complexity index is 662. The fourth-order valence-corrected chi connectivity index (χ4v) is 3.72. The quantitative estimate of drug-likeness (QED) is 0.483. The van der Waals surface area contributed by atoms with E-state index in [1.54, 1.807) is 32.9 Å². The molecule has 9 heteroatoms. The van der Waals surface area contributed by atoms with Gasteiger partial charge in [-0.3, -0.25) is 9.36 Å². The normalized spacial score (nSPS) is 14.4. The lowest BCUT2D eigenvalue weighted by Gasteiger charge is -2.24. The van der Waals surface area contributed by atoms with E-state index < -0.39 is 25.5 Å². The zero-order valence-electron chi connectivity index (χ0n) is 15.7. The van der Waals surface area contributed by atoms with E-state index in [9.17, 15) is 14.2 Å². The molecule has 0 aliphatic rings. The van der Waals surface area contributed by atoms with Gasteiger partial charge in [0, 0.05) is 7.11 Å². The van der Waals surface area contributed by atoms with Gasteiger partial charge in [-0.1, -0.05) is 12.1 Å². The first-order chi connectivity index (χ1) is 12.2. The zero-order valence-corrected chi connectivity index (χ0v) is 16.6. The van der Waals surface area contributed by atoms with Crippen LogP contribution in [0.3, 0.4) is 0 Å². The summed E-state index contributed by atoms with van der Waals surface area (Å²) in [7, 11) is -2.31. The molecule has 1 aromatic carbocycles. The number of nitrogens with one attached hydrogen (secondary N) is 1. The highest BCUT2D eigenvalue weighted by atomic mass is 31.2. The van der Waals surface area contributed by atoms with Crippen molar-refractivity contribution in [3.8, 4) is 5.75 Å². The lowest BCUT2D eigenvalue weighted by molar-refractivity contribution is -0.149. The molecule has 1 unspecified atom stereocenters. The van der Waals surface area contributed by atoms with E-state index in [1.165, 1.54) is 26.2 Å². The predicted octanol–water partition coefficient (Wildman–Crippen LogP) is 2.97. The molecule has 0 bridgehead atoms. The summed E-state index contributed by atoms with van der Waals surface area (Å²) < 4.78 is 33.7. The molecular formula is C17H26NO7P. The van der Waals surface area contributed by atoms with Crippen LogP contribution < -0.4 is 9.61 Å². The second-order valence-corrected chi connectivity index (χ2v) is 7.78. The number of hydrogen-bond acceptors (Lipinski definition) is 7. The highest BCUT2D eigenvalue weighted by Crippen LogP contribution is 2.44. The SMILES string of the molecule is CCOC(=O)c1ccccc1OP(=O)(COC)N[C@@H](C)C(=O)OC(C)C. The number of para-hydroxylation sites is 1. The standard InChI is InChI=1S/C17H26NO7P/c1-6-23-17(20)14-9-7-8-10-15(14)25-26(21,11-22-5)18-13(4)16(19)24-12(2)3/h7-10,12-13H,6,11H2,1-5H3,(H,18,21)/t13-,26?/m0/s1. The van der Waals surface area contributed by atoms with E-state index in [4.69, 9.17) is 18.7 Å². The Morgan fingerprint density at radius 1 is 1.19 bits per heavy atom. The van der Waals surface area contributed by atoms with Crippen molar-refractivity contribution in [2.24, 2.45) is 0 Å². The van der Waals surface area contributed by atoms with Gasteiger partial charge in [-0.2, -0.15) is 0 Å². The van der Waals surface area contributed by atoms with Crippen LogP contribution in [0.5, 0.6) is 5.75 Å². The monoisotopic (exact) mass is 387 g/mol. The van der Waals surface area contributed by atoms with Gasteiger partial charge in [0.25, 0.3) is 0 Å². The molecule has 26 heavy (non-hydrogen) atoms. The molecule has 8 nitrogen and oxygen atoms in total. The molecule has 0 heterocycles. The summed E-state index contributed by atoms with van der Waals surface area (Å²) >= 11 is 0. The fourth-order valence-electron chi connectivity index (χ4n) is 2.02. The van der Waals surface area contributed by atoms with Crippen LogP contribution in [-0.4, -0.2) is 44.1 Å². The van der Waals surface area contributed by atoms with Crippen LogP contribution in [0.25, 0.3) is 0 Å². The Morgan fingerprint density at radius 3 is 2.42 bits per heavy atom. The third kappa shape index (κ3) is 6.78. The van der Waals surface area contributed by atoms with Gasteiger partial charge in [0.1, 0.15) is 23.7 Å². The topological polar surface area (TPSA) is 100 Å². The number of hydrogen-bond donors (Lipinski definition) is 1. The summed E-state index contributed by atoms with van der Waals surface area (Å²) in [4.78, 5) is 24.0. The van der Waals surface area contributed by atoms with Crippen LogP contribution in [0, 0.1) is 0 Å². The molecule has 0 aromatic heterocycles. The molecule has 0 radical (unpaired) electrons. The van der Waals surface area contributed by atoms with Gasteiger partial charge < -0.3 is 18.7 Å². The van der Waals surface area contributed by atoms with Crippen molar-refractivity contribution < 1.29 is 32.9 Å².